The smallest absolute Gasteiger partial charge is 0.345 e. The van der Waals surface area contributed by atoms with E-state index in [9.17, 15) is 75.4 Å². The predicted molar refractivity (Wildman–Crippen MR) is 71.7 cm³/mol. The molecule has 0 atom stereocenters. The average molecular weight is 557 g/mol. The Hall–Kier alpha value is -1.82. The van der Waals surface area contributed by atoms with Crippen LogP contribution in [-0.4, -0.2) is 82.6 Å². The number of esters is 2. The summed E-state index contributed by atoms with van der Waals surface area (Å²) in [4.78, 5) is 22.3. The standard InChI is InChI=1S/C14H4ClF15O4/c15-1-3(31)33-2-4(32)34-8-12(25,26)5(16)9(19,20)6(17,13(8,27)28)11(23,24)7(18,10(5,21)22)14(8,29)30/h1-2H2. The molecule has 4 aliphatic carbocycles. The van der Waals surface area contributed by atoms with Gasteiger partial charge in [-0.1, -0.05) is 0 Å². The van der Waals surface area contributed by atoms with E-state index < -0.39 is 82.6 Å². The van der Waals surface area contributed by atoms with Crippen LogP contribution in [0.25, 0.3) is 0 Å². The highest BCUT2D eigenvalue weighted by Gasteiger charge is 3.24. The first-order valence-electron chi connectivity index (χ1n) is 8.12. The Morgan fingerprint density at radius 3 is 1.09 bits per heavy atom. The topological polar surface area (TPSA) is 52.6 Å². The van der Waals surface area contributed by atoms with Crippen LogP contribution in [-0.2, 0) is 19.1 Å². The second-order valence-electron chi connectivity index (χ2n) is 7.37. The second kappa shape index (κ2) is 6.11. The highest BCUT2D eigenvalue weighted by atomic mass is 35.5. The number of hydrogen-bond donors (Lipinski definition) is 0. The van der Waals surface area contributed by atoms with Crippen molar-refractivity contribution in [2.45, 2.75) is 58.1 Å². The highest BCUT2D eigenvalue weighted by molar-refractivity contribution is 6.26. The van der Waals surface area contributed by atoms with Crippen molar-refractivity contribution < 1.29 is 84.9 Å². The molecule has 0 saturated heterocycles. The molecular formula is C14H4ClF15O4. The zero-order chi connectivity index (χ0) is 27.0. The van der Waals surface area contributed by atoms with Gasteiger partial charge in [0.2, 0.25) is 0 Å². The lowest BCUT2D eigenvalue weighted by Crippen LogP contribution is -3.10. The third-order valence-corrected chi connectivity index (χ3v) is 6.17. The van der Waals surface area contributed by atoms with Gasteiger partial charge in [0.05, 0.1) is 0 Å². The number of ether oxygens (including phenoxy) is 2. The first-order chi connectivity index (χ1) is 14.8. The molecule has 4 bridgehead atoms. The highest BCUT2D eigenvalue weighted by Crippen LogP contribution is 2.88. The molecule has 0 aliphatic heterocycles. The van der Waals surface area contributed by atoms with E-state index in [1.807, 2.05) is 0 Å². The number of alkyl halides is 16. The number of halogens is 16. The molecule has 0 amide bonds. The molecule has 196 valence electrons. The van der Waals surface area contributed by atoms with Crippen molar-refractivity contribution in [3.05, 3.63) is 0 Å². The van der Waals surface area contributed by atoms with Crippen LogP contribution in [0.15, 0.2) is 0 Å². The van der Waals surface area contributed by atoms with Gasteiger partial charge in [-0.2, -0.15) is 52.7 Å². The Bertz CT molecular complexity index is 852. The van der Waals surface area contributed by atoms with Crippen molar-refractivity contribution >= 4 is 23.5 Å². The Morgan fingerprint density at radius 2 is 0.824 bits per heavy atom. The molecule has 0 N–H and O–H groups in total. The summed E-state index contributed by atoms with van der Waals surface area (Å²) >= 11 is 4.83. The summed E-state index contributed by atoms with van der Waals surface area (Å²) in [6.45, 7) is -2.35. The molecule has 4 saturated carbocycles. The minimum atomic E-state index is -7.99. The van der Waals surface area contributed by atoms with Gasteiger partial charge >= 0.3 is 70.1 Å². The summed E-state index contributed by atoms with van der Waals surface area (Å²) in [5.74, 6) is -53.8. The molecule has 0 spiro atoms. The number of hydrogen-bond acceptors (Lipinski definition) is 4. The zero-order valence-electron chi connectivity index (χ0n) is 15.1. The largest absolute Gasteiger partial charge is 0.453 e. The van der Waals surface area contributed by atoms with Gasteiger partial charge in [0.25, 0.3) is 0 Å². The van der Waals surface area contributed by atoms with Crippen molar-refractivity contribution in [3.63, 3.8) is 0 Å². The molecule has 4 nitrogen and oxygen atoms in total. The number of carbonyl (C=O) groups excluding carboxylic acids is 2. The van der Waals surface area contributed by atoms with Crippen LogP contribution in [0.5, 0.6) is 0 Å². The summed E-state index contributed by atoms with van der Waals surface area (Å²) in [7, 11) is 0. The Balaban J connectivity index is 2.46. The third-order valence-electron chi connectivity index (χ3n) is 5.95. The lowest BCUT2D eigenvalue weighted by atomic mass is 9.40. The molecule has 0 aromatic carbocycles. The van der Waals surface area contributed by atoms with E-state index in [1.54, 1.807) is 0 Å². The van der Waals surface area contributed by atoms with Crippen molar-refractivity contribution in [3.8, 4) is 0 Å². The molecule has 0 aromatic rings. The quantitative estimate of drug-likeness (QED) is 0.298. The van der Waals surface area contributed by atoms with E-state index in [1.165, 1.54) is 0 Å². The summed E-state index contributed by atoms with van der Waals surface area (Å²) in [5, 5.41) is 0. The number of carbonyl (C=O) groups is 2. The van der Waals surface area contributed by atoms with Crippen molar-refractivity contribution in [2.24, 2.45) is 0 Å². The van der Waals surface area contributed by atoms with Gasteiger partial charge in [-0.25, -0.2) is 18.0 Å². The predicted octanol–water partition coefficient (Wildman–Crippen LogP) is 4.03. The Morgan fingerprint density at radius 1 is 0.529 bits per heavy atom. The SMILES string of the molecule is O=C(CCl)OCC(=O)OC12C(F)(F)C3(F)C(F)(F)C(F)(C(F)(F)C(F)(C3(F)F)C1(F)F)C2(F)F. The van der Waals surface area contributed by atoms with E-state index in [0.717, 1.165) is 0 Å². The molecule has 0 aromatic heterocycles. The van der Waals surface area contributed by atoms with E-state index in [0.29, 0.717) is 0 Å². The lowest BCUT2D eigenvalue weighted by molar-refractivity contribution is -0.614. The van der Waals surface area contributed by atoms with Crippen molar-refractivity contribution in [1.29, 1.82) is 0 Å². The third kappa shape index (κ3) is 1.84. The summed E-state index contributed by atoms with van der Waals surface area (Å²) in [6, 6.07) is 0. The minimum Gasteiger partial charge on any atom is -0.453 e. The van der Waals surface area contributed by atoms with Crippen LogP contribution in [0.3, 0.4) is 0 Å². The molecule has 4 fully saturated rings. The fraction of sp³-hybridized carbons (Fsp3) is 0.857. The van der Waals surface area contributed by atoms with Gasteiger partial charge in [0, 0.05) is 0 Å². The molecular weight excluding hydrogens is 553 g/mol. The van der Waals surface area contributed by atoms with Crippen LogP contribution in [0.2, 0.25) is 0 Å². The molecule has 0 radical (unpaired) electrons. The van der Waals surface area contributed by atoms with Gasteiger partial charge in [-0.15, -0.1) is 11.6 Å². The normalized spacial score (nSPS) is 43.3. The maximum absolute atomic E-state index is 14.8. The monoisotopic (exact) mass is 556 g/mol. The molecule has 0 unspecified atom stereocenters. The summed E-state index contributed by atoms with van der Waals surface area (Å²) < 4.78 is 224. The van der Waals surface area contributed by atoms with Crippen molar-refractivity contribution in [2.75, 3.05) is 12.5 Å². The molecule has 0 heterocycles. The van der Waals surface area contributed by atoms with Gasteiger partial charge in [0.15, 0.2) is 6.61 Å². The maximum Gasteiger partial charge on any atom is 0.345 e. The fourth-order valence-corrected chi connectivity index (χ4v) is 4.45. The first kappa shape index (κ1) is 26.8. The number of rotatable bonds is 4. The van der Waals surface area contributed by atoms with E-state index in [4.69, 9.17) is 11.6 Å². The van der Waals surface area contributed by atoms with Gasteiger partial charge in [-0.05, 0) is 0 Å². The van der Waals surface area contributed by atoms with Crippen LogP contribution in [0.1, 0.15) is 0 Å². The first-order valence-corrected chi connectivity index (χ1v) is 8.65. The van der Waals surface area contributed by atoms with Gasteiger partial charge in [-0.3, -0.25) is 4.79 Å². The lowest BCUT2D eigenvalue weighted by Gasteiger charge is -2.74. The van der Waals surface area contributed by atoms with Crippen molar-refractivity contribution in [1.82, 2.24) is 0 Å². The van der Waals surface area contributed by atoms with Gasteiger partial charge in [0.1, 0.15) is 5.88 Å². The van der Waals surface area contributed by atoms with Crippen LogP contribution < -0.4 is 0 Å². The average Bonchev–Trinajstić information content (AvgIpc) is 2.69. The van der Waals surface area contributed by atoms with E-state index in [2.05, 4.69) is 9.47 Å². The molecule has 34 heavy (non-hydrogen) atoms. The zero-order valence-corrected chi connectivity index (χ0v) is 15.9. The Labute approximate surface area is 180 Å². The molecule has 4 rings (SSSR count). The molecule has 4 aliphatic rings. The van der Waals surface area contributed by atoms with E-state index >= 15 is 0 Å². The molecule has 20 heteroatoms. The van der Waals surface area contributed by atoms with Gasteiger partial charge < -0.3 is 9.47 Å². The maximum atomic E-state index is 14.8. The second-order valence-corrected chi connectivity index (χ2v) is 7.64. The van der Waals surface area contributed by atoms with Crippen LogP contribution in [0.4, 0.5) is 65.9 Å². The summed E-state index contributed by atoms with van der Waals surface area (Å²) in [5.41, 5.74) is -31.0. The van der Waals surface area contributed by atoms with Crippen LogP contribution in [0, 0.1) is 0 Å². The Kier molecular flexibility index (Phi) is 4.81. The fourth-order valence-electron chi connectivity index (χ4n) is 4.38. The van der Waals surface area contributed by atoms with Crippen LogP contribution >= 0.6 is 11.6 Å². The van der Waals surface area contributed by atoms with E-state index in [-0.39, 0.29) is 0 Å². The summed E-state index contributed by atoms with van der Waals surface area (Å²) in [6.07, 6.45) is 0. The minimum absolute atomic E-state index is 1.21.